The van der Waals surface area contributed by atoms with Gasteiger partial charge in [0.15, 0.2) is 5.76 Å². The first-order valence-corrected chi connectivity index (χ1v) is 11.8. The number of benzene rings is 3. The summed E-state index contributed by atoms with van der Waals surface area (Å²) >= 11 is 0. The first-order chi connectivity index (χ1) is 17.4. The standard InChI is InChI=1S/C28H30FN5O2/c1-34(2)23-13-12-20-15-22(11-10-21(20)16-23)27(35)33-24(9-6-14-31-26(30)17-29)28-32-18-25(36-28)19-7-4-3-5-8-19/h3-5,7-8,10-13,15-16,18,24H,6,9,14,17H2,1-2H3,(H2,30,31)(H,33,35). The second-order valence-electron chi connectivity index (χ2n) is 8.74. The number of hydrogen-bond donors (Lipinski definition) is 2. The Morgan fingerprint density at radius 3 is 2.61 bits per heavy atom. The van der Waals surface area contributed by atoms with Crippen LogP contribution in [0.25, 0.3) is 22.1 Å². The lowest BCUT2D eigenvalue weighted by Gasteiger charge is -2.16. The zero-order valence-electron chi connectivity index (χ0n) is 20.4. The minimum Gasteiger partial charge on any atom is -0.438 e. The first-order valence-electron chi connectivity index (χ1n) is 11.8. The molecule has 1 heterocycles. The Morgan fingerprint density at radius 1 is 1.11 bits per heavy atom. The number of oxazole rings is 1. The maximum atomic E-state index is 13.2. The highest BCUT2D eigenvalue weighted by molar-refractivity contribution is 5.99. The van der Waals surface area contributed by atoms with Crippen LogP contribution < -0.4 is 16.0 Å². The maximum Gasteiger partial charge on any atom is 0.251 e. The third-order valence-electron chi connectivity index (χ3n) is 5.89. The quantitative estimate of drug-likeness (QED) is 0.183. The molecule has 4 rings (SSSR count). The molecule has 0 fully saturated rings. The van der Waals surface area contributed by atoms with Gasteiger partial charge in [-0.2, -0.15) is 0 Å². The Bertz CT molecular complexity index is 1350. The highest BCUT2D eigenvalue weighted by Crippen LogP contribution is 2.26. The minimum absolute atomic E-state index is 0.0355. The van der Waals surface area contributed by atoms with Crippen LogP contribution in [0, 0.1) is 0 Å². The molecule has 1 unspecified atom stereocenters. The van der Waals surface area contributed by atoms with E-state index in [-0.39, 0.29) is 11.7 Å². The molecule has 3 N–H and O–H groups in total. The van der Waals surface area contributed by atoms with Crippen LogP contribution in [0.4, 0.5) is 10.1 Å². The van der Waals surface area contributed by atoms with E-state index in [0.717, 1.165) is 22.0 Å². The number of rotatable bonds is 10. The second kappa shape index (κ2) is 11.5. The van der Waals surface area contributed by atoms with Crippen molar-refractivity contribution in [3.05, 3.63) is 84.4 Å². The highest BCUT2D eigenvalue weighted by atomic mass is 19.1. The number of nitrogens with zero attached hydrogens (tertiary/aromatic N) is 3. The molecule has 1 atom stereocenters. The molecule has 0 radical (unpaired) electrons. The molecule has 186 valence electrons. The summed E-state index contributed by atoms with van der Waals surface area (Å²) in [6.45, 7) is -0.434. The van der Waals surface area contributed by atoms with Crippen LogP contribution in [-0.4, -0.2) is 44.0 Å². The number of amidine groups is 1. The zero-order valence-corrected chi connectivity index (χ0v) is 20.4. The fourth-order valence-electron chi connectivity index (χ4n) is 3.90. The van der Waals surface area contributed by atoms with Gasteiger partial charge in [0.1, 0.15) is 18.6 Å². The Morgan fingerprint density at radius 2 is 1.86 bits per heavy atom. The van der Waals surface area contributed by atoms with E-state index >= 15 is 0 Å². The van der Waals surface area contributed by atoms with Crippen molar-refractivity contribution >= 4 is 28.2 Å². The van der Waals surface area contributed by atoms with E-state index in [1.165, 1.54) is 0 Å². The average molecular weight is 488 g/mol. The fourth-order valence-corrected chi connectivity index (χ4v) is 3.90. The van der Waals surface area contributed by atoms with Gasteiger partial charge in [0.2, 0.25) is 5.89 Å². The van der Waals surface area contributed by atoms with Crippen LogP contribution in [0.5, 0.6) is 0 Å². The van der Waals surface area contributed by atoms with E-state index in [1.807, 2.05) is 79.7 Å². The third kappa shape index (κ3) is 6.07. The Hall–Kier alpha value is -4.20. The normalized spacial score (nSPS) is 12.5. The summed E-state index contributed by atoms with van der Waals surface area (Å²) in [6, 6.07) is 20.9. The average Bonchev–Trinajstić information content (AvgIpc) is 3.40. The van der Waals surface area contributed by atoms with E-state index in [4.69, 9.17) is 10.2 Å². The van der Waals surface area contributed by atoms with Crippen LogP contribution in [0.2, 0.25) is 0 Å². The van der Waals surface area contributed by atoms with E-state index in [9.17, 15) is 9.18 Å². The molecular weight excluding hydrogens is 457 g/mol. The number of aromatic nitrogens is 1. The number of aliphatic imine (C=N–C) groups is 1. The van der Waals surface area contributed by atoms with Gasteiger partial charge in [0.25, 0.3) is 5.91 Å². The lowest BCUT2D eigenvalue weighted by Crippen LogP contribution is -2.29. The number of halogens is 1. The van der Waals surface area contributed by atoms with Gasteiger partial charge >= 0.3 is 0 Å². The third-order valence-corrected chi connectivity index (χ3v) is 5.89. The predicted octanol–water partition coefficient (Wildman–Crippen LogP) is 5.14. The lowest BCUT2D eigenvalue weighted by atomic mass is 10.0. The van der Waals surface area contributed by atoms with Crippen molar-refractivity contribution in [2.45, 2.75) is 18.9 Å². The number of anilines is 1. The predicted molar refractivity (Wildman–Crippen MR) is 142 cm³/mol. The molecule has 0 spiro atoms. The van der Waals surface area contributed by atoms with Crippen molar-refractivity contribution in [1.29, 1.82) is 0 Å². The number of carbonyl (C=O) groups is 1. The molecule has 8 heteroatoms. The molecule has 1 amide bonds. The van der Waals surface area contributed by atoms with Gasteiger partial charge < -0.3 is 20.4 Å². The summed E-state index contributed by atoms with van der Waals surface area (Å²) in [5.74, 6) is 0.754. The molecule has 0 aliphatic rings. The second-order valence-corrected chi connectivity index (χ2v) is 8.74. The summed E-state index contributed by atoms with van der Waals surface area (Å²) in [5.41, 5.74) is 8.00. The largest absolute Gasteiger partial charge is 0.438 e. The summed E-state index contributed by atoms with van der Waals surface area (Å²) in [6.07, 6.45) is 2.73. The van der Waals surface area contributed by atoms with Crippen LogP contribution in [-0.2, 0) is 0 Å². The van der Waals surface area contributed by atoms with Gasteiger partial charge in [-0.05, 0) is 47.9 Å². The number of nitrogens with one attached hydrogen (secondary N) is 1. The Labute approximate surface area is 209 Å². The molecule has 0 aliphatic carbocycles. The van der Waals surface area contributed by atoms with Crippen molar-refractivity contribution in [3.63, 3.8) is 0 Å². The molecule has 1 aromatic heterocycles. The number of carbonyl (C=O) groups excluding carboxylic acids is 1. The Balaban J connectivity index is 1.54. The van der Waals surface area contributed by atoms with E-state index in [2.05, 4.69) is 21.4 Å². The number of alkyl halides is 1. The van der Waals surface area contributed by atoms with Crippen molar-refractivity contribution in [2.75, 3.05) is 32.2 Å². The summed E-state index contributed by atoms with van der Waals surface area (Å²) < 4.78 is 18.6. The van der Waals surface area contributed by atoms with Crippen molar-refractivity contribution in [1.82, 2.24) is 10.3 Å². The van der Waals surface area contributed by atoms with Crippen LogP contribution >= 0.6 is 0 Å². The number of hydrogen-bond acceptors (Lipinski definition) is 5. The fraction of sp³-hybridized carbons (Fsp3) is 0.250. The molecule has 4 aromatic rings. The number of amides is 1. The molecular formula is C28H30FN5O2. The first kappa shape index (κ1) is 24.9. The summed E-state index contributed by atoms with van der Waals surface area (Å²) in [4.78, 5) is 23.7. The van der Waals surface area contributed by atoms with E-state index in [0.29, 0.717) is 36.6 Å². The minimum atomic E-state index is -0.779. The number of fused-ring (bicyclic) bond motifs is 1. The molecule has 0 bridgehead atoms. The van der Waals surface area contributed by atoms with Gasteiger partial charge in [-0.15, -0.1) is 0 Å². The molecule has 3 aromatic carbocycles. The monoisotopic (exact) mass is 487 g/mol. The Kier molecular flexibility index (Phi) is 7.95. The molecule has 7 nitrogen and oxygen atoms in total. The van der Waals surface area contributed by atoms with Crippen LogP contribution in [0.15, 0.2) is 82.3 Å². The zero-order chi connectivity index (χ0) is 25.5. The van der Waals surface area contributed by atoms with Crippen molar-refractivity contribution in [2.24, 2.45) is 10.7 Å². The van der Waals surface area contributed by atoms with Gasteiger partial charge in [-0.25, -0.2) is 9.37 Å². The van der Waals surface area contributed by atoms with Crippen LogP contribution in [0.1, 0.15) is 35.1 Å². The molecule has 0 aliphatic heterocycles. The smallest absolute Gasteiger partial charge is 0.251 e. The van der Waals surface area contributed by atoms with Gasteiger partial charge in [0.05, 0.1) is 6.20 Å². The van der Waals surface area contributed by atoms with Gasteiger partial charge in [0, 0.05) is 37.5 Å². The van der Waals surface area contributed by atoms with E-state index < -0.39 is 12.7 Å². The molecule has 0 saturated heterocycles. The molecule has 0 saturated carbocycles. The van der Waals surface area contributed by atoms with E-state index in [1.54, 1.807) is 6.20 Å². The van der Waals surface area contributed by atoms with Gasteiger partial charge in [-0.3, -0.25) is 9.79 Å². The van der Waals surface area contributed by atoms with Crippen LogP contribution in [0.3, 0.4) is 0 Å². The summed E-state index contributed by atoms with van der Waals surface area (Å²) in [7, 11) is 3.98. The number of nitrogens with two attached hydrogens (primary N) is 1. The van der Waals surface area contributed by atoms with Crippen molar-refractivity contribution < 1.29 is 13.6 Å². The highest BCUT2D eigenvalue weighted by Gasteiger charge is 2.21. The van der Waals surface area contributed by atoms with Crippen molar-refractivity contribution in [3.8, 4) is 11.3 Å². The van der Waals surface area contributed by atoms with Gasteiger partial charge in [-0.1, -0.05) is 42.5 Å². The molecule has 36 heavy (non-hydrogen) atoms. The summed E-state index contributed by atoms with van der Waals surface area (Å²) in [5, 5.41) is 5.08. The lowest BCUT2D eigenvalue weighted by molar-refractivity contribution is 0.0927. The topological polar surface area (TPSA) is 96.8 Å². The SMILES string of the molecule is CN(C)c1ccc2cc(C(=O)NC(CCCN=C(N)CF)c3ncc(-c4ccccc4)o3)ccc2c1. The maximum absolute atomic E-state index is 13.2.